The molecule has 0 spiro atoms. The standard InChI is InChI=1S/C44H49N9O5.2ClH/c45-40(46)30-15-20-37-36(25-30)50-38(53(37)39(41(47)54)29-11-5-2-6-12-29)27-52(42(55)34-13-7-8-14-35(34)43(56)57)31-16-18-32(19-17-31)58-33-21-23-51(24-22-33)44(48)49-26-28-9-3-1-4-10-28;;/h1,3-4,7-10,13-20,25,29,33,39H,2,5-6,11-12,21-24,26-27H2,(H3,45,46)(H2,47,54)(H2,48,49)(H,56,57);2*1H. The average molecular weight is 857 g/mol. The highest BCUT2D eigenvalue weighted by atomic mass is 35.5. The molecule has 1 unspecified atom stereocenters. The minimum atomic E-state index is -1.24. The van der Waals surface area contributed by atoms with E-state index < -0.39 is 23.8 Å². The lowest BCUT2D eigenvalue weighted by Crippen LogP contribution is -2.45. The molecule has 4 aromatic carbocycles. The van der Waals surface area contributed by atoms with Gasteiger partial charge in [0.25, 0.3) is 5.91 Å². The third-order valence-electron chi connectivity index (χ3n) is 11.2. The molecule has 2 fully saturated rings. The maximum atomic E-state index is 14.6. The summed E-state index contributed by atoms with van der Waals surface area (Å²) in [4.78, 5) is 53.3. The van der Waals surface area contributed by atoms with E-state index >= 15 is 0 Å². The number of amidine groups is 1. The van der Waals surface area contributed by atoms with E-state index in [4.69, 9.17) is 32.3 Å². The van der Waals surface area contributed by atoms with Gasteiger partial charge in [-0.1, -0.05) is 61.7 Å². The molecule has 16 heteroatoms. The molecule has 1 saturated heterocycles. The lowest BCUT2D eigenvalue weighted by Gasteiger charge is -2.33. The number of nitrogen functional groups attached to an aromatic ring is 1. The Morgan fingerprint density at radius 3 is 2.13 bits per heavy atom. The Morgan fingerprint density at radius 2 is 1.50 bits per heavy atom. The summed E-state index contributed by atoms with van der Waals surface area (Å²) in [5.41, 5.74) is 21.3. The summed E-state index contributed by atoms with van der Waals surface area (Å²) in [6.45, 7) is 1.78. The van der Waals surface area contributed by atoms with Crippen LogP contribution in [0.3, 0.4) is 0 Å². The quantitative estimate of drug-likeness (QED) is 0.0630. The topological polar surface area (TPSA) is 219 Å². The molecule has 1 saturated carbocycles. The number of halogens is 2. The number of hydrogen-bond donors (Lipinski definition) is 5. The molecule has 316 valence electrons. The molecule has 8 N–H and O–H groups in total. The second-order valence-electron chi connectivity index (χ2n) is 15.0. The first-order valence-electron chi connectivity index (χ1n) is 19.7. The predicted molar refractivity (Wildman–Crippen MR) is 237 cm³/mol. The number of aromatic nitrogens is 2. The van der Waals surface area contributed by atoms with Gasteiger partial charge in [-0.3, -0.25) is 15.0 Å². The van der Waals surface area contributed by atoms with Gasteiger partial charge in [-0.25, -0.2) is 14.8 Å². The molecule has 7 rings (SSSR count). The molecule has 14 nitrogen and oxygen atoms in total. The number of amides is 2. The second kappa shape index (κ2) is 20.2. The number of ether oxygens (including phenoxy) is 1. The van der Waals surface area contributed by atoms with E-state index in [2.05, 4.69) is 9.89 Å². The fraction of sp³-hybridized carbons (Fsp3) is 0.318. The van der Waals surface area contributed by atoms with Crippen LogP contribution in [0.25, 0.3) is 11.0 Å². The van der Waals surface area contributed by atoms with E-state index in [0.29, 0.717) is 59.5 Å². The van der Waals surface area contributed by atoms with Crippen molar-refractivity contribution in [1.82, 2.24) is 14.5 Å². The minimum absolute atomic E-state index is 0. The number of aromatic carboxylic acids is 1. The van der Waals surface area contributed by atoms with E-state index in [0.717, 1.165) is 50.5 Å². The maximum Gasteiger partial charge on any atom is 0.336 e. The molecule has 5 aromatic rings. The monoisotopic (exact) mass is 855 g/mol. The zero-order valence-corrected chi connectivity index (χ0v) is 34.7. The first-order valence-corrected chi connectivity index (χ1v) is 19.7. The Morgan fingerprint density at radius 1 is 0.850 bits per heavy atom. The number of carbonyl (C=O) groups is 3. The third kappa shape index (κ3) is 10.2. The fourth-order valence-corrected chi connectivity index (χ4v) is 8.14. The zero-order chi connectivity index (χ0) is 40.8. The number of rotatable bonds is 13. The van der Waals surface area contributed by atoms with Crippen molar-refractivity contribution in [1.29, 1.82) is 5.41 Å². The van der Waals surface area contributed by atoms with Crippen molar-refractivity contribution in [2.24, 2.45) is 28.1 Å². The summed E-state index contributed by atoms with van der Waals surface area (Å²) < 4.78 is 8.22. The molecule has 0 radical (unpaired) electrons. The van der Waals surface area contributed by atoms with Gasteiger partial charge >= 0.3 is 5.97 Å². The number of carbonyl (C=O) groups excluding carboxylic acids is 2. The van der Waals surface area contributed by atoms with Crippen molar-refractivity contribution in [3.05, 3.63) is 125 Å². The van der Waals surface area contributed by atoms with Gasteiger partial charge in [-0.2, -0.15) is 0 Å². The highest BCUT2D eigenvalue weighted by Crippen LogP contribution is 2.37. The van der Waals surface area contributed by atoms with Crippen LogP contribution < -0.4 is 26.8 Å². The van der Waals surface area contributed by atoms with Crippen LogP contribution in [0.1, 0.15) is 88.7 Å². The number of carboxylic acid groups (broad SMARTS) is 1. The number of guanidine groups is 1. The maximum absolute atomic E-state index is 14.6. The lowest BCUT2D eigenvalue weighted by atomic mass is 9.83. The van der Waals surface area contributed by atoms with Crippen LogP contribution in [0.4, 0.5) is 5.69 Å². The smallest absolute Gasteiger partial charge is 0.336 e. The Labute approximate surface area is 361 Å². The van der Waals surface area contributed by atoms with Crippen molar-refractivity contribution in [3.8, 4) is 5.75 Å². The van der Waals surface area contributed by atoms with Crippen LogP contribution in [0.2, 0.25) is 0 Å². The average Bonchev–Trinajstić information content (AvgIpc) is 3.59. The largest absolute Gasteiger partial charge is 0.490 e. The first kappa shape index (κ1) is 45.0. The minimum Gasteiger partial charge on any atom is -0.490 e. The number of nitrogens with one attached hydrogen (secondary N) is 1. The molecule has 1 aliphatic heterocycles. The summed E-state index contributed by atoms with van der Waals surface area (Å²) >= 11 is 0. The van der Waals surface area contributed by atoms with Gasteiger partial charge in [-0.05, 0) is 78.9 Å². The number of fused-ring (bicyclic) bond motifs is 1. The molecular formula is C44H51Cl2N9O5. The van der Waals surface area contributed by atoms with E-state index in [1.54, 1.807) is 54.6 Å². The highest BCUT2D eigenvalue weighted by molar-refractivity contribution is 6.12. The van der Waals surface area contributed by atoms with Gasteiger partial charge in [0, 0.05) is 37.2 Å². The molecule has 1 aromatic heterocycles. The molecule has 2 amide bonds. The number of hydrogen-bond acceptors (Lipinski definition) is 7. The number of likely N-dealkylation sites (tertiary alicyclic amines) is 1. The number of imidazole rings is 1. The van der Waals surface area contributed by atoms with Crippen LogP contribution in [0, 0.1) is 11.3 Å². The molecule has 2 heterocycles. The van der Waals surface area contributed by atoms with Crippen molar-refractivity contribution in [2.75, 3.05) is 18.0 Å². The summed E-state index contributed by atoms with van der Waals surface area (Å²) in [6.07, 6.45) is 6.04. The summed E-state index contributed by atoms with van der Waals surface area (Å²) in [5, 5.41) is 18.1. The van der Waals surface area contributed by atoms with E-state index in [-0.39, 0.29) is 60.3 Å². The Balaban J connectivity index is 0.00000341. The fourth-order valence-electron chi connectivity index (χ4n) is 8.14. The number of piperidine rings is 1. The van der Waals surface area contributed by atoms with Gasteiger partial charge < -0.3 is 41.4 Å². The third-order valence-corrected chi connectivity index (χ3v) is 11.2. The van der Waals surface area contributed by atoms with Crippen LogP contribution >= 0.6 is 24.8 Å². The van der Waals surface area contributed by atoms with Crippen molar-refractivity contribution in [3.63, 3.8) is 0 Å². The molecule has 60 heavy (non-hydrogen) atoms. The Hall–Kier alpha value is -6.12. The highest BCUT2D eigenvalue weighted by Gasteiger charge is 2.34. The number of primary amides is 1. The van der Waals surface area contributed by atoms with Crippen LogP contribution in [0.15, 0.2) is 102 Å². The molecule has 0 bridgehead atoms. The van der Waals surface area contributed by atoms with Crippen molar-refractivity contribution >= 4 is 71.1 Å². The Bertz CT molecular complexity index is 2320. The second-order valence-corrected chi connectivity index (χ2v) is 15.0. The van der Waals surface area contributed by atoms with E-state index in [1.807, 2.05) is 34.9 Å². The van der Waals surface area contributed by atoms with Crippen molar-refractivity contribution < 1.29 is 24.2 Å². The predicted octanol–water partition coefficient (Wildman–Crippen LogP) is 6.67. The van der Waals surface area contributed by atoms with Crippen LogP contribution in [0.5, 0.6) is 5.75 Å². The summed E-state index contributed by atoms with van der Waals surface area (Å²) in [5.74, 6) is -0.996. The number of carboxylic acids is 1. The number of nitrogens with zero attached hydrogens (tertiary/aromatic N) is 5. The van der Waals surface area contributed by atoms with Crippen LogP contribution in [-0.2, 0) is 17.9 Å². The van der Waals surface area contributed by atoms with Crippen molar-refractivity contribution in [2.45, 2.75) is 70.2 Å². The van der Waals surface area contributed by atoms with E-state index in [9.17, 15) is 19.5 Å². The first-order chi connectivity index (χ1) is 28.1. The van der Waals surface area contributed by atoms with E-state index in [1.165, 1.54) is 17.0 Å². The Kier molecular flexibility index (Phi) is 15.2. The number of nitrogens with two attached hydrogens (primary N) is 3. The zero-order valence-electron chi connectivity index (χ0n) is 33.1. The molecule has 1 atom stereocenters. The SMILES string of the molecule is Cl.Cl.N=C(N)c1ccc2c(c1)nc(CN(C(=O)c1ccccc1C(=O)O)c1ccc(OC3CCN(C(N)=NCc4ccccc4)CC3)cc1)n2C(C(N)=O)C1CCCCC1. The van der Waals surface area contributed by atoms with Gasteiger partial charge in [0.2, 0.25) is 5.91 Å². The molecular weight excluding hydrogens is 805 g/mol. The van der Waals surface area contributed by atoms with Gasteiger partial charge in [0.1, 0.15) is 29.6 Å². The normalized spacial score (nSPS) is 15.3. The summed E-state index contributed by atoms with van der Waals surface area (Å²) in [6, 6.07) is 27.5. The number of aliphatic imine (C=N–C) groups is 1. The van der Waals surface area contributed by atoms with Crippen LogP contribution in [-0.4, -0.2) is 68.3 Å². The number of benzene rings is 4. The van der Waals surface area contributed by atoms with Gasteiger partial charge in [0.05, 0.1) is 35.2 Å². The molecule has 1 aliphatic carbocycles. The number of anilines is 1. The molecule has 2 aliphatic rings. The van der Waals surface area contributed by atoms with Gasteiger partial charge in [-0.15, -0.1) is 24.8 Å². The lowest BCUT2D eigenvalue weighted by molar-refractivity contribution is -0.123. The summed E-state index contributed by atoms with van der Waals surface area (Å²) in [7, 11) is 0. The van der Waals surface area contributed by atoms with Gasteiger partial charge in [0.15, 0.2) is 5.96 Å².